The SMILES string of the molecule is COc1ccccc1NC(=O)Cc1noc(COC(=O)c2cc3c(C)nn(C)c3s2)n1. The van der Waals surface area contributed by atoms with Gasteiger partial charge in [-0.25, -0.2) is 4.79 Å². The van der Waals surface area contributed by atoms with Gasteiger partial charge in [-0.2, -0.15) is 10.1 Å². The molecule has 160 valence electrons. The number of rotatable bonds is 7. The molecule has 0 radical (unpaired) electrons. The van der Waals surface area contributed by atoms with Gasteiger partial charge in [-0.15, -0.1) is 11.3 Å². The maximum absolute atomic E-state index is 12.3. The van der Waals surface area contributed by atoms with Gasteiger partial charge in [0.25, 0.3) is 5.89 Å². The van der Waals surface area contributed by atoms with Crippen molar-refractivity contribution in [2.45, 2.75) is 20.0 Å². The summed E-state index contributed by atoms with van der Waals surface area (Å²) in [5.41, 5.74) is 1.39. The van der Waals surface area contributed by atoms with Gasteiger partial charge in [0.1, 0.15) is 15.5 Å². The summed E-state index contributed by atoms with van der Waals surface area (Å²) < 4.78 is 17.3. The third-order valence-corrected chi connectivity index (χ3v) is 5.62. The van der Waals surface area contributed by atoms with Crippen molar-refractivity contribution in [2.24, 2.45) is 7.05 Å². The van der Waals surface area contributed by atoms with E-state index in [9.17, 15) is 9.59 Å². The molecule has 0 aliphatic rings. The van der Waals surface area contributed by atoms with Crippen LogP contribution in [-0.2, 0) is 29.6 Å². The van der Waals surface area contributed by atoms with Gasteiger partial charge in [-0.05, 0) is 25.1 Å². The van der Waals surface area contributed by atoms with Crippen molar-refractivity contribution in [2.75, 3.05) is 12.4 Å². The number of thiophene rings is 1. The molecule has 31 heavy (non-hydrogen) atoms. The van der Waals surface area contributed by atoms with Gasteiger partial charge >= 0.3 is 5.97 Å². The van der Waals surface area contributed by atoms with Crippen molar-refractivity contribution in [1.82, 2.24) is 19.9 Å². The molecule has 0 saturated heterocycles. The number of nitrogens with zero attached hydrogens (tertiary/aromatic N) is 4. The second kappa shape index (κ2) is 8.56. The highest BCUT2D eigenvalue weighted by molar-refractivity contribution is 7.20. The predicted octanol–water partition coefficient (Wildman–Crippen LogP) is 2.87. The highest BCUT2D eigenvalue weighted by atomic mass is 32.1. The molecular weight excluding hydrogens is 422 g/mol. The van der Waals surface area contributed by atoms with Gasteiger partial charge < -0.3 is 19.3 Å². The first-order chi connectivity index (χ1) is 14.9. The number of carbonyl (C=O) groups excluding carboxylic acids is 2. The topological polar surface area (TPSA) is 121 Å². The summed E-state index contributed by atoms with van der Waals surface area (Å²) in [6, 6.07) is 8.81. The molecule has 0 fully saturated rings. The van der Waals surface area contributed by atoms with Crippen LogP contribution in [0.2, 0.25) is 0 Å². The zero-order valence-corrected chi connectivity index (χ0v) is 17.9. The highest BCUT2D eigenvalue weighted by Gasteiger charge is 2.18. The molecule has 3 heterocycles. The Morgan fingerprint density at radius 3 is 2.87 bits per heavy atom. The van der Waals surface area contributed by atoms with Crippen molar-refractivity contribution in [3.63, 3.8) is 0 Å². The lowest BCUT2D eigenvalue weighted by Gasteiger charge is -2.08. The number of para-hydroxylation sites is 2. The molecule has 0 spiro atoms. The number of aromatic nitrogens is 4. The van der Waals surface area contributed by atoms with Crippen LogP contribution in [0.5, 0.6) is 5.75 Å². The summed E-state index contributed by atoms with van der Waals surface area (Å²) in [5.74, 6) is 0.00977. The molecule has 0 atom stereocenters. The second-order valence-corrected chi connectivity index (χ2v) is 7.67. The number of nitrogens with one attached hydrogen (secondary N) is 1. The zero-order chi connectivity index (χ0) is 22.0. The predicted molar refractivity (Wildman–Crippen MR) is 112 cm³/mol. The van der Waals surface area contributed by atoms with Crippen LogP contribution in [0.25, 0.3) is 10.2 Å². The molecule has 0 aliphatic carbocycles. The number of methoxy groups -OCH3 is 1. The Labute approximate surface area is 180 Å². The molecule has 0 saturated carbocycles. The second-order valence-electron chi connectivity index (χ2n) is 6.64. The fourth-order valence-electron chi connectivity index (χ4n) is 3.01. The van der Waals surface area contributed by atoms with E-state index in [1.54, 1.807) is 35.0 Å². The van der Waals surface area contributed by atoms with Crippen LogP contribution < -0.4 is 10.1 Å². The standard InChI is InChI=1S/C20H19N5O5S/c1-11-12-8-15(31-19(12)25(2)23-11)20(27)29-10-18-22-16(24-30-18)9-17(26)21-13-6-4-5-7-14(13)28-3/h4-8H,9-10H2,1-3H3,(H,21,26). The molecule has 0 unspecified atom stereocenters. The Balaban J connectivity index is 1.33. The van der Waals surface area contributed by atoms with Crippen molar-refractivity contribution < 1.29 is 23.6 Å². The number of carbonyl (C=O) groups is 2. The molecule has 1 aromatic carbocycles. The lowest BCUT2D eigenvalue weighted by atomic mass is 10.2. The number of anilines is 1. The summed E-state index contributed by atoms with van der Waals surface area (Å²) in [5, 5.41) is 11.7. The van der Waals surface area contributed by atoms with Crippen LogP contribution in [0.15, 0.2) is 34.9 Å². The van der Waals surface area contributed by atoms with Gasteiger partial charge in [0.05, 0.1) is 24.9 Å². The van der Waals surface area contributed by atoms with E-state index in [-0.39, 0.29) is 30.7 Å². The monoisotopic (exact) mass is 441 g/mol. The van der Waals surface area contributed by atoms with E-state index in [1.165, 1.54) is 18.4 Å². The average Bonchev–Trinajstić information content (AvgIpc) is 3.45. The van der Waals surface area contributed by atoms with E-state index in [1.807, 2.05) is 14.0 Å². The lowest BCUT2D eigenvalue weighted by molar-refractivity contribution is -0.115. The minimum atomic E-state index is -0.491. The summed E-state index contributed by atoms with van der Waals surface area (Å²) in [6.07, 6.45) is -0.0991. The van der Waals surface area contributed by atoms with Crippen molar-refractivity contribution >= 4 is 39.1 Å². The molecule has 0 bridgehead atoms. The summed E-state index contributed by atoms with van der Waals surface area (Å²) in [7, 11) is 3.35. The van der Waals surface area contributed by atoms with E-state index in [4.69, 9.17) is 14.0 Å². The van der Waals surface area contributed by atoms with Crippen molar-refractivity contribution in [3.05, 3.63) is 52.6 Å². The first-order valence-electron chi connectivity index (χ1n) is 9.29. The smallest absolute Gasteiger partial charge is 0.348 e. The van der Waals surface area contributed by atoms with Crippen LogP contribution in [0.1, 0.15) is 27.1 Å². The number of benzene rings is 1. The third-order valence-electron chi connectivity index (χ3n) is 4.43. The molecule has 11 heteroatoms. The van der Waals surface area contributed by atoms with Gasteiger partial charge in [0.15, 0.2) is 12.4 Å². The third kappa shape index (κ3) is 4.40. The molecule has 0 aliphatic heterocycles. The Hall–Kier alpha value is -3.73. The first-order valence-corrected chi connectivity index (χ1v) is 10.1. The molecular formula is C20H19N5O5S. The first kappa shape index (κ1) is 20.5. The molecule has 4 aromatic rings. The van der Waals surface area contributed by atoms with E-state index < -0.39 is 5.97 Å². The number of hydrogen-bond donors (Lipinski definition) is 1. The molecule has 3 aromatic heterocycles. The van der Waals surface area contributed by atoms with Crippen LogP contribution >= 0.6 is 11.3 Å². The number of amides is 1. The zero-order valence-electron chi connectivity index (χ0n) is 17.0. The van der Waals surface area contributed by atoms with E-state index in [2.05, 4.69) is 20.6 Å². The minimum absolute atomic E-state index is 0.0991. The minimum Gasteiger partial charge on any atom is -0.495 e. The largest absolute Gasteiger partial charge is 0.495 e. The molecule has 10 nitrogen and oxygen atoms in total. The Kier molecular flexibility index (Phi) is 5.67. The number of esters is 1. The van der Waals surface area contributed by atoms with E-state index >= 15 is 0 Å². The maximum Gasteiger partial charge on any atom is 0.348 e. The van der Waals surface area contributed by atoms with E-state index in [0.29, 0.717) is 16.3 Å². The Morgan fingerprint density at radius 1 is 1.29 bits per heavy atom. The van der Waals surface area contributed by atoms with Crippen LogP contribution in [0.4, 0.5) is 5.69 Å². The van der Waals surface area contributed by atoms with Gasteiger partial charge in [0, 0.05) is 12.4 Å². The molecule has 1 N–H and O–H groups in total. The van der Waals surface area contributed by atoms with Crippen LogP contribution in [0, 0.1) is 6.92 Å². The number of fused-ring (bicyclic) bond motifs is 1. The number of aryl methyl sites for hydroxylation is 2. The van der Waals surface area contributed by atoms with Gasteiger partial charge in [-0.1, -0.05) is 17.3 Å². The fraction of sp³-hybridized carbons (Fsp3) is 0.250. The average molecular weight is 441 g/mol. The van der Waals surface area contributed by atoms with Crippen molar-refractivity contribution in [1.29, 1.82) is 0 Å². The lowest BCUT2D eigenvalue weighted by Crippen LogP contribution is -2.15. The van der Waals surface area contributed by atoms with Gasteiger partial charge in [0.2, 0.25) is 5.91 Å². The normalized spacial score (nSPS) is 10.9. The highest BCUT2D eigenvalue weighted by Crippen LogP contribution is 2.28. The van der Waals surface area contributed by atoms with Crippen LogP contribution in [0.3, 0.4) is 0 Å². The number of hydrogen-bond acceptors (Lipinski definition) is 9. The maximum atomic E-state index is 12.3. The Bertz CT molecular complexity index is 1220. The number of ether oxygens (including phenoxy) is 2. The van der Waals surface area contributed by atoms with Gasteiger partial charge in [-0.3, -0.25) is 9.48 Å². The molecule has 4 rings (SSSR count). The summed E-state index contributed by atoms with van der Waals surface area (Å²) in [4.78, 5) is 30.1. The van der Waals surface area contributed by atoms with E-state index in [0.717, 1.165) is 15.9 Å². The summed E-state index contributed by atoms with van der Waals surface area (Å²) >= 11 is 1.30. The fourth-order valence-corrected chi connectivity index (χ4v) is 4.03. The van der Waals surface area contributed by atoms with Crippen LogP contribution in [-0.4, -0.2) is 38.9 Å². The summed E-state index contributed by atoms with van der Waals surface area (Å²) in [6.45, 7) is 1.69. The van der Waals surface area contributed by atoms with Crippen molar-refractivity contribution in [3.8, 4) is 5.75 Å². The molecule has 1 amide bonds. The quantitative estimate of drug-likeness (QED) is 0.435. The Morgan fingerprint density at radius 2 is 2.10 bits per heavy atom.